The Hall–Kier alpha value is -1.47. The summed E-state index contributed by atoms with van der Waals surface area (Å²) < 4.78 is 0.235. The van der Waals surface area contributed by atoms with Crippen molar-refractivity contribution >= 4 is 17.8 Å². The zero-order valence-corrected chi connectivity index (χ0v) is 16.2. The highest BCUT2D eigenvalue weighted by molar-refractivity contribution is 5.80. The number of amidine groups is 1. The van der Waals surface area contributed by atoms with E-state index in [2.05, 4.69) is 11.9 Å². The number of aliphatic imine (C=N–C) groups is 1. The lowest BCUT2D eigenvalue weighted by molar-refractivity contribution is -0.828. The molecule has 0 spiro atoms. The molecule has 0 amide bonds. The maximum atomic E-state index is 11.3. The molecular weight excluding hydrogens is 336 g/mol. The molecule has 1 atom stereocenters. The average molecular weight is 373 g/mol. The summed E-state index contributed by atoms with van der Waals surface area (Å²) in [7, 11) is 0. The topological polar surface area (TPSA) is 117 Å². The number of aliphatic carboxylic acids is 2. The Balaban J connectivity index is 0.00000625. The number of carbonyl (C=O) groups is 2. The molecule has 1 aliphatic heterocycles. The van der Waals surface area contributed by atoms with Crippen LogP contribution in [-0.4, -0.2) is 64.1 Å². The molecule has 1 rings (SSSR count). The third kappa shape index (κ3) is 9.29. The minimum absolute atomic E-state index is 0. The van der Waals surface area contributed by atoms with Crippen molar-refractivity contribution in [3.63, 3.8) is 0 Å². The van der Waals surface area contributed by atoms with E-state index in [4.69, 9.17) is 5.11 Å². The SMILES string of the molecule is CCCCCCCCCCCC1=NCC[N+]1(CCC(=O)O)CC(=O)O.[OH-]. The molecule has 0 fully saturated rings. The van der Waals surface area contributed by atoms with Crippen LogP contribution < -0.4 is 0 Å². The summed E-state index contributed by atoms with van der Waals surface area (Å²) in [6.07, 6.45) is 12.0. The largest absolute Gasteiger partial charge is 0.870 e. The van der Waals surface area contributed by atoms with Crippen LogP contribution in [0.15, 0.2) is 4.99 Å². The van der Waals surface area contributed by atoms with Gasteiger partial charge in [0.15, 0.2) is 12.4 Å². The first-order chi connectivity index (χ1) is 12.0. The van der Waals surface area contributed by atoms with Gasteiger partial charge in [0.05, 0.1) is 19.5 Å². The van der Waals surface area contributed by atoms with Crippen molar-refractivity contribution in [3.8, 4) is 0 Å². The lowest BCUT2D eigenvalue weighted by atomic mass is 10.1. The van der Waals surface area contributed by atoms with Gasteiger partial charge < -0.3 is 15.7 Å². The van der Waals surface area contributed by atoms with Crippen molar-refractivity contribution in [3.05, 3.63) is 0 Å². The number of carboxylic acid groups (broad SMARTS) is 2. The van der Waals surface area contributed by atoms with Gasteiger partial charge in [0.1, 0.15) is 6.54 Å². The summed E-state index contributed by atoms with van der Waals surface area (Å²) in [6.45, 7) is 3.73. The number of hydrogen-bond acceptors (Lipinski definition) is 4. The van der Waals surface area contributed by atoms with Gasteiger partial charge in [-0.15, -0.1) is 0 Å². The fourth-order valence-corrected chi connectivity index (χ4v) is 3.62. The second-order valence-corrected chi connectivity index (χ2v) is 7.16. The normalized spacial score (nSPS) is 19.0. The van der Waals surface area contributed by atoms with Crippen molar-refractivity contribution in [2.45, 2.75) is 77.6 Å². The Kier molecular flexibility index (Phi) is 12.9. The van der Waals surface area contributed by atoms with Crippen LogP contribution in [0, 0.1) is 0 Å². The van der Waals surface area contributed by atoms with Crippen LogP contribution in [0.5, 0.6) is 0 Å². The van der Waals surface area contributed by atoms with Crippen LogP contribution in [0.25, 0.3) is 0 Å². The standard InChI is InChI=1S/C19H34N2O4.H2O/c1-2-3-4-5-6-7-8-9-10-11-17-20-13-15-21(17,16-19(24)25)14-12-18(22)23;/h2-16H2,1H3,(H-,22,23,24,25);1H2. The van der Waals surface area contributed by atoms with Crippen LogP contribution in [0.2, 0.25) is 0 Å². The average Bonchev–Trinajstić information content (AvgIpc) is 2.93. The fraction of sp³-hybridized carbons (Fsp3) is 0.842. The Morgan fingerprint density at radius 2 is 1.54 bits per heavy atom. The van der Waals surface area contributed by atoms with Gasteiger partial charge in [-0.05, 0) is 6.42 Å². The predicted octanol–water partition coefficient (Wildman–Crippen LogP) is 3.52. The number of carboxylic acids is 2. The first kappa shape index (κ1) is 24.5. The van der Waals surface area contributed by atoms with E-state index in [-0.39, 0.29) is 22.9 Å². The van der Waals surface area contributed by atoms with E-state index >= 15 is 0 Å². The zero-order valence-electron chi connectivity index (χ0n) is 16.2. The first-order valence-electron chi connectivity index (χ1n) is 9.84. The molecule has 26 heavy (non-hydrogen) atoms. The molecule has 0 saturated heterocycles. The molecule has 0 aromatic heterocycles. The summed E-state index contributed by atoms with van der Waals surface area (Å²) in [5.41, 5.74) is 0. The molecule has 3 N–H and O–H groups in total. The lowest BCUT2D eigenvalue weighted by Crippen LogP contribution is -2.54. The molecule has 0 aromatic carbocycles. The van der Waals surface area contributed by atoms with E-state index in [0.717, 1.165) is 25.1 Å². The monoisotopic (exact) mass is 372 g/mol. The number of quaternary nitrogens is 1. The molecule has 0 saturated carbocycles. The number of nitrogens with zero attached hydrogens (tertiary/aromatic N) is 2. The maximum absolute atomic E-state index is 11.3. The van der Waals surface area contributed by atoms with Gasteiger partial charge in [0, 0.05) is 6.42 Å². The van der Waals surface area contributed by atoms with Crippen molar-refractivity contribution in [2.75, 3.05) is 26.2 Å². The Labute approximate surface area is 157 Å². The third-order valence-electron chi connectivity index (χ3n) is 5.07. The number of unbranched alkanes of at least 4 members (excludes halogenated alkanes) is 8. The Bertz CT molecular complexity index is 453. The fourth-order valence-electron chi connectivity index (χ4n) is 3.62. The minimum Gasteiger partial charge on any atom is -0.870 e. The Morgan fingerprint density at radius 3 is 2.08 bits per heavy atom. The van der Waals surface area contributed by atoms with E-state index in [1.54, 1.807) is 0 Å². The third-order valence-corrected chi connectivity index (χ3v) is 5.07. The molecular formula is C19H36N2O5. The molecule has 0 radical (unpaired) electrons. The predicted molar refractivity (Wildman–Crippen MR) is 101 cm³/mol. The first-order valence-corrected chi connectivity index (χ1v) is 9.84. The smallest absolute Gasteiger partial charge is 0.359 e. The summed E-state index contributed by atoms with van der Waals surface area (Å²) in [6, 6.07) is 0. The Morgan fingerprint density at radius 1 is 0.962 bits per heavy atom. The molecule has 1 aliphatic rings. The molecule has 7 nitrogen and oxygen atoms in total. The molecule has 1 unspecified atom stereocenters. The van der Waals surface area contributed by atoms with Crippen LogP contribution >= 0.6 is 0 Å². The van der Waals surface area contributed by atoms with Gasteiger partial charge in [0.2, 0.25) is 0 Å². The maximum Gasteiger partial charge on any atom is 0.359 e. The van der Waals surface area contributed by atoms with E-state index in [0.29, 0.717) is 19.6 Å². The van der Waals surface area contributed by atoms with Gasteiger partial charge in [0.25, 0.3) is 0 Å². The van der Waals surface area contributed by atoms with Crippen molar-refractivity contribution in [1.82, 2.24) is 0 Å². The second kappa shape index (κ2) is 13.7. The molecule has 0 aromatic rings. The van der Waals surface area contributed by atoms with Crippen molar-refractivity contribution in [1.29, 1.82) is 0 Å². The quantitative estimate of drug-likeness (QED) is 0.337. The van der Waals surface area contributed by atoms with Gasteiger partial charge in [-0.2, -0.15) is 0 Å². The summed E-state index contributed by atoms with van der Waals surface area (Å²) >= 11 is 0. The molecule has 0 bridgehead atoms. The highest BCUT2D eigenvalue weighted by atomic mass is 16.4. The van der Waals surface area contributed by atoms with Crippen LogP contribution in [0.3, 0.4) is 0 Å². The van der Waals surface area contributed by atoms with Gasteiger partial charge in [-0.25, -0.2) is 9.79 Å². The zero-order chi connectivity index (χ0) is 18.5. The molecule has 152 valence electrons. The highest BCUT2D eigenvalue weighted by Crippen LogP contribution is 2.21. The van der Waals surface area contributed by atoms with Gasteiger partial charge in [-0.3, -0.25) is 9.28 Å². The summed E-state index contributed by atoms with van der Waals surface area (Å²) in [4.78, 5) is 26.7. The number of rotatable bonds is 15. The highest BCUT2D eigenvalue weighted by Gasteiger charge is 2.39. The summed E-state index contributed by atoms with van der Waals surface area (Å²) in [5, 5.41) is 18.2. The van der Waals surface area contributed by atoms with Crippen LogP contribution in [0.1, 0.15) is 77.6 Å². The van der Waals surface area contributed by atoms with E-state index in [1.165, 1.54) is 44.9 Å². The minimum atomic E-state index is -0.882. The molecule has 0 aliphatic carbocycles. The lowest BCUT2D eigenvalue weighted by Gasteiger charge is -2.32. The summed E-state index contributed by atoms with van der Waals surface area (Å²) in [5.74, 6) is -0.865. The van der Waals surface area contributed by atoms with Crippen molar-refractivity contribution in [2.24, 2.45) is 4.99 Å². The van der Waals surface area contributed by atoms with Crippen molar-refractivity contribution < 1.29 is 29.8 Å². The number of hydrogen-bond donors (Lipinski definition) is 2. The van der Waals surface area contributed by atoms with Gasteiger partial charge >= 0.3 is 11.9 Å². The van der Waals surface area contributed by atoms with Crippen LogP contribution in [-0.2, 0) is 9.59 Å². The van der Waals surface area contributed by atoms with E-state index in [1.807, 2.05) is 0 Å². The van der Waals surface area contributed by atoms with E-state index in [9.17, 15) is 14.7 Å². The van der Waals surface area contributed by atoms with E-state index < -0.39 is 11.9 Å². The van der Waals surface area contributed by atoms with Crippen LogP contribution in [0.4, 0.5) is 0 Å². The molecule has 7 heteroatoms. The second-order valence-electron chi connectivity index (χ2n) is 7.16. The van der Waals surface area contributed by atoms with Gasteiger partial charge in [-0.1, -0.05) is 58.3 Å². The molecule has 1 heterocycles.